The first-order chi connectivity index (χ1) is 19.2. The van der Waals surface area contributed by atoms with Crippen molar-refractivity contribution in [2.24, 2.45) is 5.73 Å². The van der Waals surface area contributed by atoms with Crippen LogP contribution in [0.5, 0.6) is 0 Å². The number of benzene rings is 2. The van der Waals surface area contributed by atoms with Crippen molar-refractivity contribution in [1.29, 1.82) is 5.41 Å². The number of nitrogens with two attached hydrogens (primary N) is 1. The number of amides is 2. The first-order valence-corrected chi connectivity index (χ1v) is 12.4. The molecule has 1 atom stereocenters. The second-order valence-corrected chi connectivity index (χ2v) is 9.55. The zero-order valence-electron chi connectivity index (χ0n) is 22.5. The number of nitrogens with zero attached hydrogens (tertiary/aromatic N) is 2. The third-order valence-electron chi connectivity index (χ3n) is 6.03. The quantitative estimate of drug-likeness (QED) is 0.159. The van der Waals surface area contributed by atoms with Gasteiger partial charge in [0.2, 0.25) is 5.91 Å². The van der Waals surface area contributed by atoms with Gasteiger partial charge < -0.3 is 25.6 Å². The molecule has 0 aromatic heterocycles. The minimum Gasteiger partial charge on any atom is -0.386 e. The molecule has 2 aromatic carbocycles. The fraction of sp³-hybridized carbons (Fsp3) is 0.321. The van der Waals surface area contributed by atoms with Crippen LogP contribution in [0.1, 0.15) is 54.2 Å². The van der Waals surface area contributed by atoms with Crippen molar-refractivity contribution in [3.8, 4) is 11.8 Å². The Hall–Kier alpha value is -4.86. The molecule has 3 rings (SSSR count). The van der Waals surface area contributed by atoms with Crippen LogP contribution in [-0.2, 0) is 25.7 Å². The van der Waals surface area contributed by atoms with Gasteiger partial charge in [-0.25, -0.2) is 4.79 Å². The average Bonchev–Trinajstić information content (AvgIpc) is 2.99. The molecule has 216 valence electrons. The zero-order valence-corrected chi connectivity index (χ0v) is 22.5. The Morgan fingerprint density at radius 3 is 2.37 bits per heavy atom. The van der Waals surface area contributed by atoms with Crippen molar-refractivity contribution < 1.29 is 37.1 Å². The second kappa shape index (κ2) is 12.5. The minimum absolute atomic E-state index is 0.113. The van der Waals surface area contributed by atoms with Gasteiger partial charge >= 0.3 is 18.1 Å². The van der Waals surface area contributed by atoms with Gasteiger partial charge in [-0.3, -0.25) is 19.8 Å². The van der Waals surface area contributed by atoms with Crippen molar-refractivity contribution in [3.63, 3.8) is 0 Å². The van der Waals surface area contributed by atoms with E-state index in [1.807, 2.05) is 12.1 Å². The van der Waals surface area contributed by atoms with Gasteiger partial charge in [-0.05, 0) is 56.7 Å². The van der Waals surface area contributed by atoms with E-state index >= 15 is 0 Å². The van der Waals surface area contributed by atoms with Gasteiger partial charge in [-0.1, -0.05) is 24.0 Å². The lowest BCUT2D eigenvalue weighted by atomic mass is 10.0. The minimum atomic E-state index is -5.35. The van der Waals surface area contributed by atoms with E-state index in [4.69, 9.17) is 11.1 Å². The number of hydrogen-bond acceptors (Lipinski definition) is 6. The van der Waals surface area contributed by atoms with Gasteiger partial charge in [0.15, 0.2) is 5.96 Å². The highest BCUT2D eigenvalue weighted by molar-refractivity contribution is 6.10. The maximum Gasteiger partial charge on any atom is 0.491 e. The van der Waals surface area contributed by atoms with Gasteiger partial charge in [0.1, 0.15) is 6.54 Å². The molecule has 2 aromatic rings. The molecule has 1 unspecified atom stereocenters. The predicted octanol–water partition coefficient (Wildman–Crippen LogP) is 2.68. The van der Waals surface area contributed by atoms with Crippen LogP contribution in [0.3, 0.4) is 0 Å². The van der Waals surface area contributed by atoms with Crippen LogP contribution >= 0.6 is 0 Å². The zero-order chi connectivity index (χ0) is 30.5. The van der Waals surface area contributed by atoms with Crippen LogP contribution in [0.2, 0.25) is 0 Å². The molecule has 2 amide bonds. The second-order valence-electron chi connectivity index (χ2n) is 9.55. The van der Waals surface area contributed by atoms with Crippen molar-refractivity contribution in [1.82, 2.24) is 10.2 Å². The number of fused-ring (bicyclic) bond motifs is 1. The summed E-state index contributed by atoms with van der Waals surface area (Å²) in [6, 6.07) is 10.6. The Labute approximate surface area is 234 Å². The molecule has 0 bridgehead atoms. The predicted molar refractivity (Wildman–Crippen MR) is 143 cm³/mol. The summed E-state index contributed by atoms with van der Waals surface area (Å²) in [6.07, 6.45) is -6.10. The van der Waals surface area contributed by atoms with Crippen molar-refractivity contribution in [2.45, 2.75) is 52.0 Å². The maximum absolute atomic E-state index is 13.6. The Kier molecular flexibility index (Phi) is 9.39. The molecule has 0 spiro atoms. The van der Waals surface area contributed by atoms with E-state index in [9.17, 15) is 32.3 Å². The first-order valence-electron chi connectivity index (χ1n) is 12.4. The summed E-state index contributed by atoms with van der Waals surface area (Å²) < 4.78 is 41.3. The number of halogens is 3. The van der Waals surface area contributed by atoms with Gasteiger partial charge in [0, 0.05) is 29.8 Å². The summed E-state index contributed by atoms with van der Waals surface area (Å²) in [5, 5.41) is 9.99. The number of carbonyl (C=O) groups excluding carboxylic acids is 4. The molecule has 4 N–H and O–H groups in total. The number of guanidine groups is 1. The van der Waals surface area contributed by atoms with E-state index in [-0.39, 0.29) is 17.6 Å². The molecule has 1 aliphatic heterocycles. The number of esters is 2. The number of alkyl halides is 3. The molecule has 10 nitrogen and oxygen atoms in total. The highest BCUT2D eigenvalue weighted by Crippen LogP contribution is 2.30. The number of anilines is 1. The van der Waals surface area contributed by atoms with Crippen LogP contribution in [0.15, 0.2) is 42.5 Å². The van der Waals surface area contributed by atoms with Crippen LogP contribution in [0.25, 0.3) is 0 Å². The summed E-state index contributed by atoms with van der Waals surface area (Å²) in [5.41, 5.74) is 7.72. The van der Waals surface area contributed by atoms with Crippen molar-refractivity contribution >= 4 is 35.4 Å². The standard InChI is InChI=1S/C28H28F3N5O5/c1-16(2)36-22-10-9-19(8-7-18-5-4-6-20(12-18)14-34-27(32)33)13-21(22)25(39)35(15-23(36)37)17(3)11-24(38)41-26(40)28(29,30)31/h4-6,9-10,12-13,16-17H,11,14-15H2,1-3H3,(H4,32,33,34). The fourth-order valence-electron chi connectivity index (χ4n) is 4.16. The smallest absolute Gasteiger partial charge is 0.386 e. The third-order valence-corrected chi connectivity index (χ3v) is 6.03. The molecule has 1 heterocycles. The van der Waals surface area contributed by atoms with E-state index in [1.54, 1.807) is 38.1 Å². The lowest BCUT2D eigenvalue weighted by Gasteiger charge is -2.28. The molecular formula is C28H28F3N5O5. The molecule has 0 radical (unpaired) electrons. The van der Waals surface area contributed by atoms with Crippen molar-refractivity contribution in [2.75, 3.05) is 11.4 Å². The van der Waals surface area contributed by atoms with Crippen LogP contribution in [0.4, 0.5) is 18.9 Å². The summed E-state index contributed by atoms with van der Waals surface area (Å²) in [5.74, 6) is 0.578. The Morgan fingerprint density at radius 2 is 1.76 bits per heavy atom. The largest absolute Gasteiger partial charge is 0.491 e. The summed E-state index contributed by atoms with van der Waals surface area (Å²) in [7, 11) is 0. The number of nitrogens with one attached hydrogen (secondary N) is 2. The first kappa shape index (κ1) is 30.7. The van der Waals surface area contributed by atoms with Crippen LogP contribution in [0, 0.1) is 17.3 Å². The highest BCUT2D eigenvalue weighted by atomic mass is 19.4. The van der Waals surface area contributed by atoms with Crippen molar-refractivity contribution in [3.05, 3.63) is 64.7 Å². The molecule has 1 aliphatic rings. The normalized spacial score (nSPS) is 14.0. The number of hydrogen-bond donors (Lipinski definition) is 3. The third kappa shape index (κ3) is 7.84. The van der Waals surface area contributed by atoms with Gasteiger partial charge in [0.25, 0.3) is 5.91 Å². The highest BCUT2D eigenvalue weighted by Gasteiger charge is 2.43. The van der Waals surface area contributed by atoms with Gasteiger partial charge in [-0.2, -0.15) is 13.2 Å². The summed E-state index contributed by atoms with van der Waals surface area (Å²) >= 11 is 0. The number of carbonyl (C=O) groups is 4. The molecular weight excluding hydrogens is 543 g/mol. The average molecular weight is 572 g/mol. The number of rotatable bonds is 6. The topological polar surface area (TPSA) is 146 Å². The summed E-state index contributed by atoms with van der Waals surface area (Å²) in [4.78, 5) is 52.3. The fourth-order valence-corrected chi connectivity index (χ4v) is 4.16. The Balaban J connectivity index is 1.91. The Morgan fingerprint density at radius 1 is 1.10 bits per heavy atom. The lowest BCUT2D eigenvalue weighted by Crippen LogP contribution is -2.46. The molecule has 0 saturated carbocycles. The van der Waals surface area contributed by atoms with Crippen LogP contribution < -0.4 is 16.0 Å². The molecule has 0 fully saturated rings. The van der Waals surface area contributed by atoms with Gasteiger partial charge in [-0.15, -0.1) is 0 Å². The number of ether oxygens (including phenoxy) is 1. The maximum atomic E-state index is 13.6. The molecule has 13 heteroatoms. The monoisotopic (exact) mass is 571 g/mol. The Bertz CT molecular complexity index is 1440. The molecule has 0 saturated heterocycles. The van der Waals surface area contributed by atoms with Gasteiger partial charge in [0.05, 0.1) is 17.7 Å². The van der Waals surface area contributed by atoms with Crippen LogP contribution in [-0.4, -0.2) is 59.4 Å². The SMILES string of the molecule is CC(CC(=O)OC(=O)C(F)(F)F)N1CC(=O)N(C(C)C)c2ccc(C#Cc3cccc(CNC(=N)N)c3)cc2C1=O. The summed E-state index contributed by atoms with van der Waals surface area (Å²) in [6.45, 7) is 4.77. The van der Waals surface area contributed by atoms with E-state index in [0.29, 0.717) is 23.4 Å². The van der Waals surface area contributed by atoms with E-state index in [2.05, 4.69) is 21.9 Å². The van der Waals surface area contributed by atoms with E-state index in [0.717, 1.165) is 10.5 Å². The molecule has 0 aliphatic carbocycles. The molecule has 41 heavy (non-hydrogen) atoms. The lowest BCUT2D eigenvalue weighted by molar-refractivity contribution is -0.202. The van der Waals surface area contributed by atoms with E-state index < -0.39 is 48.9 Å². The van der Waals surface area contributed by atoms with E-state index in [1.165, 1.54) is 17.9 Å².